The van der Waals surface area contributed by atoms with Gasteiger partial charge < -0.3 is 10.2 Å². The van der Waals surface area contributed by atoms with Crippen molar-refractivity contribution in [2.24, 2.45) is 0 Å². The summed E-state index contributed by atoms with van der Waals surface area (Å²) in [5.74, 6) is -1.57. The van der Waals surface area contributed by atoms with Crippen molar-refractivity contribution in [3.8, 4) is 0 Å². The van der Waals surface area contributed by atoms with Crippen molar-refractivity contribution in [3.05, 3.63) is 63.9 Å². The molecule has 2 amide bonds. The van der Waals surface area contributed by atoms with Gasteiger partial charge in [-0.3, -0.25) is 9.59 Å². The van der Waals surface area contributed by atoms with Gasteiger partial charge in [0.15, 0.2) is 0 Å². The Labute approximate surface area is 222 Å². The normalized spacial score (nSPS) is 12.5. The smallest absolute Gasteiger partial charge is 0.304 e. The van der Waals surface area contributed by atoms with Crippen LogP contribution in [0.1, 0.15) is 32.8 Å². The molecule has 0 aliphatic carbocycles. The molecule has 0 bridgehead atoms. The molecule has 0 aliphatic rings. The molecule has 0 aliphatic heterocycles. The summed E-state index contributed by atoms with van der Waals surface area (Å²) in [6.07, 6.45) is 0.270. The number of hydrogen-bond acceptors (Lipinski definition) is 4. The van der Waals surface area contributed by atoms with Crippen molar-refractivity contribution in [2.75, 3.05) is 24.9 Å². The van der Waals surface area contributed by atoms with Gasteiger partial charge in [-0.1, -0.05) is 36.2 Å². The molecule has 2 aromatic carbocycles. The number of carbonyl (C=O) groups is 2. The summed E-state index contributed by atoms with van der Waals surface area (Å²) in [4.78, 5) is 28.0. The van der Waals surface area contributed by atoms with E-state index in [-0.39, 0.29) is 30.6 Å². The Morgan fingerprint density at radius 3 is 2.17 bits per heavy atom. The number of anilines is 1. The first-order valence-corrected chi connectivity index (χ1v) is 13.4. The Hall–Kier alpha value is -2.40. The Bertz CT molecular complexity index is 1180. The van der Waals surface area contributed by atoms with Crippen LogP contribution in [0.15, 0.2) is 42.5 Å². The van der Waals surface area contributed by atoms with E-state index in [2.05, 4.69) is 5.32 Å². The Balaban J connectivity index is 2.53. The van der Waals surface area contributed by atoms with E-state index in [9.17, 15) is 22.4 Å². The lowest BCUT2D eigenvalue weighted by molar-refractivity contribution is -0.140. The summed E-state index contributed by atoms with van der Waals surface area (Å²) in [6, 6.07) is 8.46. The molecule has 0 spiro atoms. The fraction of sp³-hybridized carbons (Fsp3) is 0.417. The van der Waals surface area contributed by atoms with Crippen molar-refractivity contribution >= 4 is 50.9 Å². The number of carbonyl (C=O) groups excluding carboxylic acids is 2. The first kappa shape index (κ1) is 29.8. The standard InChI is InChI=1S/C24H31Cl2FN4O4S/c1-6-22(24(33)28-16(2)3)30(14-17-7-8-18(25)13-21(17)26)23(32)15-31(36(34,35)29(4)5)20-11-9-19(27)10-12-20/h7-13,16,22H,6,14-15H2,1-5H3,(H,28,33)/t22-/m1/s1. The maximum atomic E-state index is 13.7. The van der Waals surface area contributed by atoms with E-state index in [0.717, 1.165) is 20.7 Å². The summed E-state index contributed by atoms with van der Waals surface area (Å²) in [6.45, 7) is 4.67. The van der Waals surface area contributed by atoms with Crippen molar-refractivity contribution in [3.63, 3.8) is 0 Å². The van der Waals surface area contributed by atoms with Crippen LogP contribution in [0, 0.1) is 5.82 Å². The number of halogens is 3. The summed E-state index contributed by atoms with van der Waals surface area (Å²) in [5, 5.41) is 3.52. The molecule has 2 rings (SSSR count). The van der Waals surface area contributed by atoms with E-state index in [4.69, 9.17) is 23.2 Å². The van der Waals surface area contributed by atoms with E-state index < -0.39 is 34.5 Å². The Morgan fingerprint density at radius 2 is 1.67 bits per heavy atom. The summed E-state index contributed by atoms with van der Waals surface area (Å²) in [7, 11) is -1.49. The van der Waals surface area contributed by atoms with Gasteiger partial charge in [0.2, 0.25) is 11.8 Å². The van der Waals surface area contributed by atoms with E-state index in [1.165, 1.54) is 37.2 Å². The topological polar surface area (TPSA) is 90.0 Å². The number of nitrogens with zero attached hydrogens (tertiary/aromatic N) is 3. The highest BCUT2D eigenvalue weighted by atomic mass is 35.5. The molecule has 0 radical (unpaired) electrons. The molecule has 0 heterocycles. The number of hydrogen-bond donors (Lipinski definition) is 1. The van der Waals surface area contributed by atoms with E-state index in [1.807, 2.05) is 0 Å². The van der Waals surface area contributed by atoms with Gasteiger partial charge in [-0.2, -0.15) is 12.7 Å². The average Bonchev–Trinajstić information content (AvgIpc) is 2.78. The maximum Gasteiger partial charge on any atom is 0.304 e. The van der Waals surface area contributed by atoms with Gasteiger partial charge in [-0.15, -0.1) is 0 Å². The maximum absolute atomic E-state index is 13.7. The monoisotopic (exact) mass is 560 g/mol. The van der Waals surface area contributed by atoms with Crippen LogP contribution in [0.25, 0.3) is 0 Å². The molecular weight excluding hydrogens is 530 g/mol. The fourth-order valence-electron chi connectivity index (χ4n) is 3.46. The minimum Gasteiger partial charge on any atom is -0.352 e. The van der Waals surface area contributed by atoms with Crippen LogP contribution < -0.4 is 9.62 Å². The quantitative estimate of drug-likeness (QED) is 0.448. The number of nitrogens with one attached hydrogen (secondary N) is 1. The van der Waals surface area contributed by atoms with Gasteiger partial charge in [-0.05, 0) is 62.2 Å². The van der Waals surface area contributed by atoms with Gasteiger partial charge in [0.25, 0.3) is 0 Å². The summed E-state index contributed by atoms with van der Waals surface area (Å²) >= 11 is 12.4. The lowest BCUT2D eigenvalue weighted by Gasteiger charge is -2.34. The minimum atomic E-state index is -4.14. The second-order valence-electron chi connectivity index (χ2n) is 8.62. The molecule has 0 unspecified atom stereocenters. The average molecular weight is 562 g/mol. The van der Waals surface area contributed by atoms with Gasteiger partial charge in [0.05, 0.1) is 5.69 Å². The highest BCUT2D eigenvalue weighted by Gasteiger charge is 2.34. The van der Waals surface area contributed by atoms with Crippen molar-refractivity contribution in [2.45, 2.75) is 45.8 Å². The van der Waals surface area contributed by atoms with Crippen LogP contribution in [-0.2, 0) is 26.3 Å². The van der Waals surface area contributed by atoms with Crippen molar-refractivity contribution in [1.29, 1.82) is 0 Å². The number of amides is 2. The molecule has 0 fully saturated rings. The van der Waals surface area contributed by atoms with Gasteiger partial charge in [0, 0.05) is 36.7 Å². The zero-order valence-corrected chi connectivity index (χ0v) is 23.2. The first-order valence-electron chi connectivity index (χ1n) is 11.3. The third-order valence-corrected chi connectivity index (χ3v) is 7.71. The number of rotatable bonds is 11. The van der Waals surface area contributed by atoms with Gasteiger partial charge >= 0.3 is 10.2 Å². The molecule has 36 heavy (non-hydrogen) atoms. The predicted molar refractivity (Wildman–Crippen MR) is 141 cm³/mol. The molecule has 1 atom stereocenters. The Kier molecular flexibility index (Phi) is 10.5. The molecule has 12 heteroatoms. The van der Waals surface area contributed by atoms with Crippen LogP contribution in [0.2, 0.25) is 10.0 Å². The lowest BCUT2D eigenvalue weighted by Crippen LogP contribution is -2.54. The second kappa shape index (κ2) is 12.7. The third-order valence-electron chi connectivity index (χ3n) is 5.31. The lowest BCUT2D eigenvalue weighted by atomic mass is 10.1. The van der Waals surface area contributed by atoms with Crippen molar-refractivity contribution < 1.29 is 22.4 Å². The molecular formula is C24H31Cl2FN4O4S. The second-order valence-corrected chi connectivity index (χ2v) is 11.5. The largest absolute Gasteiger partial charge is 0.352 e. The molecule has 2 aromatic rings. The van der Waals surface area contributed by atoms with Gasteiger partial charge in [-0.25, -0.2) is 8.70 Å². The number of benzene rings is 2. The van der Waals surface area contributed by atoms with Crippen LogP contribution in [0.4, 0.5) is 10.1 Å². The zero-order chi connectivity index (χ0) is 27.2. The van der Waals surface area contributed by atoms with Crippen LogP contribution in [0.3, 0.4) is 0 Å². The summed E-state index contributed by atoms with van der Waals surface area (Å²) in [5.41, 5.74) is 0.636. The summed E-state index contributed by atoms with van der Waals surface area (Å²) < 4.78 is 41.6. The van der Waals surface area contributed by atoms with Crippen LogP contribution >= 0.6 is 23.2 Å². The highest BCUT2D eigenvalue weighted by molar-refractivity contribution is 7.90. The molecule has 1 N–H and O–H groups in total. The van der Waals surface area contributed by atoms with Gasteiger partial charge in [0.1, 0.15) is 18.4 Å². The predicted octanol–water partition coefficient (Wildman–Crippen LogP) is 4.08. The molecule has 0 saturated heterocycles. The van der Waals surface area contributed by atoms with Crippen molar-refractivity contribution in [1.82, 2.24) is 14.5 Å². The van der Waals surface area contributed by atoms with E-state index >= 15 is 0 Å². The zero-order valence-electron chi connectivity index (χ0n) is 20.8. The van der Waals surface area contributed by atoms with Crippen LogP contribution in [0.5, 0.6) is 0 Å². The van der Waals surface area contributed by atoms with E-state index in [1.54, 1.807) is 32.9 Å². The Morgan fingerprint density at radius 1 is 1.06 bits per heavy atom. The third kappa shape index (κ3) is 7.55. The molecule has 0 saturated carbocycles. The minimum absolute atomic E-state index is 0.0574. The first-order chi connectivity index (χ1) is 16.8. The molecule has 0 aromatic heterocycles. The fourth-order valence-corrected chi connectivity index (χ4v) is 4.98. The van der Waals surface area contributed by atoms with Crippen LogP contribution in [-0.4, -0.2) is 62.2 Å². The molecule has 198 valence electrons. The SMILES string of the molecule is CC[C@H](C(=O)NC(C)C)N(Cc1ccc(Cl)cc1Cl)C(=O)CN(c1ccc(F)cc1)S(=O)(=O)N(C)C. The molecule has 8 nitrogen and oxygen atoms in total. The highest BCUT2D eigenvalue weighted by Crippen LogP contribution is 2.25. The van der Waals surface area contributed by atoms with E-state index in [0.29, 0.717) is 15.6 Å².